The number of rotatable bonds is 3. The third-order valence-electron chi connectivity index (χ3n) is 3.71. The zero-order valence-electron chi connectivity index (χ0n) is 11.4. The minimum absolute atomic E-state index is 0.326. The van der Waals surface area contributed by atoms with E-state index in [0.29, 0.717) is 11.7 Å². The molecule has 0 spiro atoms. The van der Waals surface area contributed by atoms with Crippen molar-refractivity contribution < 1.29 is 4.79 Å². The number of hydrogen-bond donors (Lipinski definition) is 3. The Morgan fingerprint density at radius 1 is 1.14 bits per heavy atom. The summed E-state index contributed by atoms with van der Waals surface area (Å²) in [6, 6.07) is 13.7. The van der Waals surface area contributed by atoms with Gasteiger partial charge in [-0.15, -0.1) is 0 Å². The Labute approximate surface area is 131 Å². The molecule has 0 heterocycles. The molecule has 4 nitrogen and oxygen atoms in total. The summed E-state index contributed by atoms with van der Waals surface area (Å²) in [4.78, 5) is 10.8. The van der Waals surface area contributed by atoms with E-state index < -0.39 is 6.03 Å². The zero-order valence-corrected chi connectivity index (χ0v) is 13.0. The smallest absolute Gasteiger partial charge is 0.316 e. The van der Waals surface area contributed by atoms with Crippen LogP contribution in [0.5, 0.6) is 0 Å². The van der Waals surface area contributed by atoms with Gasteiger partial charge in [-0.2, -0.15) is 0 Å². The first-order chi connectivity index (χ1) is 10.1. The number of carbonyl (C=O) groups is 1. The van der Waals surface area contributed by atoms with Crippen LogP contribution >= 0.6 is 15.9 Å². The molecule has 0 aromatic heterocycles. The fourth-order valence-corrected chi connectivity index (χ4v) is 3.33. The van der Waals surface area contributed by atoms with Crippen LogP contribution in [0, 0.1) is 0 Å². The maximum atomic E-state index is 10.8. The molecule has 5 heteroatoms. The minimum atomic E-state index is -0.551. The number of urea groups is 1. The van der Waals surface area contributed by atoms with Crippen LogP contribution in [0.3, 0.4) is 0 Å². The number of hydrogen-bond acceptors (Lipinski definition) is 2. The lowest BCUT2D eigenvalue weighted by Crippen LogP contribution is -2.19. The van der Waals surface area contributed by atoms with Crippen molar-refractivity contribution in [1.29, 1.82) is 0 Å². The second kappa shape index (κ2) is 5.77. The molecule has 0 bridgehead atoms. The van der Waals surface area contributed by atoms with E-state index in [1.54, 1.807) is 0 Å². The summed E-state index contributed by atoms with van der Waals surface area (Å²) >= 11 is 3.61. The van der Waals surface area contributed by atoms with Crippen LogP contribution in [0.25, 0.3) is 0 Å². The highest BCUT2D eigenvalue weighted by Gasteiger charge is 2.23. The predicted octanol–water partition coefficient (Wildman–Crippen LogP) is 4.04. The highest BCUT2D eigenvalue weighted by atomic mass is 79.9. The number of nitrogens with two attached hydrogens (primary N) is 1. The Bertz CT molecular complexity index is 670. The number of amides is 2. The Morgan fingerprint density at radius 2 is 1.86 bits per heavy atom. The fourth-order valence-electron chi connectivity index (χ4n) is 2.75. The molecule has 1 atom stereocenters. The highest BCUT2D eigenvalue weighted by Crippen LogP contribution is 2.37. The van der Waals surface area contributed by atoms with E-state index >= 15 is 0 Å². The lowest BCUT2D eigenvalue weighted by molar-refractivity contribution is 0.259. The van der Waals surface area contributed by atoms with Crippen LogP contribution in [0.2, 0.25) is 0 Å². The summed E-state index contributed by atoms with van der Waals surface area (Å²) in [6.45, 7) is 0. The van der Waals surface area contributed by atoms with E-state index in [-0.39, 0.29) is 0 Å². The van der Waals surface area contributed by atoms with Crippen molar-refractivity contribution in [3.8, 4) is 0 Å². The van der Waals surface area contributed by atoms with Crippen LogP contribution < -0.4 is 16.4 Å². The molecule has 0 aliphatic heterocycles. The number of carbonyl (C=O) groups excluding carboxylic acids is 1. The standard InChI is InChI=1S/C16H16BrN3O/c17-14-3-1-2-13-12(14)8-9-15(13)19-10-4-6-11(7-5-10)20-16(18)21/h1-7,15,19H,8-9H2,(H3,18,20,21). The van der Waals surface area contributed by atoms with E-state index in [9.17, 15) is 4.79 Å². The minimum Gasteiger partial charge on any atom is -0.378 e. The first-order valence-electron chi connectivity index (χ1n) is 6.84. The monoisotopic (exact) mass is 345 g/mol. The van der Waals surface area contributed by atoms with Gasteiger partial charge in [0.2, 0.25) is 0 Å². The fraction of sp³-hybridized carbons (Fsp3) is 0.188. The Hall–Kier alpha value is -2.01. The molecule has 3 rings (SSSR count). The molecule has 2 aromatic carbocycles. The molecule has 0 radical (unpaired) electrons. The predicted molar refractivity (Wildman–Crippen MR) is 88.5 cm³/mol. The van der Waals surface area contributed by atoms with Crippen LogP contribution in [0.15, 0.2) is 46.9 Å². The molecular weight excluding hydrogens is 330 g/mol. The normalized spacial score (nSPS) is 16.3. The van der Waals surface area contributed by atoms with Crippen molar-refractivity contribution in [2.24, 2.45) is 5.73 Å². The molecule has 4 N–H and O–H groups in total. The number of anilines is 2. The van der Waals surface area contributed by atoms with Crippen molar-refractivity contribution >= 4 is 33.3 Å². The number of fused-ring (bicyclic) bond motifs is 1. The average molecular weight is 346 g/mol. The largest absolute Gasteiger partial charge is 0.378 e. The summed E-state index contributed by atoms with van der Waals surface area (Å²) in [6.07, 6.45) is 2.16. The van der Waals surface area contributed by atoms with Crippen LogP contribution in [0.1, 0.15) is 23.6 Å². The molecule has 2 amide bonds. The van der Waals surface area contributed by atoms with Gasteiger partial charge < -0.3 is 16.4 Å². The van der Waals surface area contributed by atoms with E-state index in [1.165, 1.54) is 15.6 Å². The number of halogens is 1. The highest BCUT2D eigenvalue weighted by molar-refractivity contribution is 9.10. The first kappa shape index (κ1) is 13.9. The van der Waals surface area contributed by atoms with Gasteiger partial charge in [0, 0.05) is 15.8 Å². The lowest BCUT2D eigenvalue weighted by atomic mass is 10.1. The molecule has 2 aromatic rings. The van der Waals surface area contributed by atoms with Crippen molar-refractivity contribution in [2.75, 3.05) is 10.6 Å². The number of benzene rings is 2. The molecular formula is C16H16BrN3O. The van der Waals surface area contributed by atoms with Crippen molar-refractivity contribution in [3.63, 3.8) is 0 Å². The molecule has 0 fully saturated rings. The Kier molecular flexibility index (Phi) is 3.84. The molecule has 0 saturated heterocycles. The lowest BCUT2D eigenvalue weighted by Gasteiger charge is -2.16. The third kappa shape index (κ3) is 3.03. The van der Waals surface area contributed by atoms with Gasteiger partial charge in [-0.05, 0) is 54.3 Å². The van der Waals surface area contributed by atoms with E-state index in [0.717, 1.165) is 18.5 Å². The summed E-state index contributed by atoms with van der Waals surface area (Å²) in [5.41, 5.74) is 9.56. The number of nitrogens with one attached hydrogen (secondary N) is 2. The topological polar surface area (TPSA) is 67.2 Å². The molecule has 21 heavy (non-hydrogen) atoms. The SMILES string of the molecule is NC(=O)Nc1ccc(NC2CCc3c(Br)cccc32)cc1. The van der Waals surface area contributed by atoms with Crippen LogP contribution in [-0.2, 0) is 6.42 Å². The van der Waals surface area contributed by atoms with Crippen molar-refractivity contribution in [2.45, 2.75) is 18.9 Å². The molecule has 1 aliphatic rings. The van der Waals surface area contributed by atoms with Gasteiger partial charge >= 0.3 is 6.03 Å². The van der Waals surface area contributed by atoms with Crippen molar-refractivity contribution in [1.82, 2.24) is 0 Å². The molecule has 1 aliphatic carbocycles. The summed E-state index contributed by atoms with van der Waals surface area (Å²) in [5, 5.41) is 6.09. The van der Waals surface area contributed by atoms with E-state index in [4.69, 9.17) is 5.73 Å². The summed E-state index contributed by atoms with van der Waals surface area (Å²) < 4.78 is 1.19. The molecule has 0 saturated carbocycles. The quantitative estimate of drug-likeness (QED) is 0.785. The van der Waals surface area contributed by atoms with Gasteiger partial charge in [-0.25, -0.2) is 4.79 Å². The van der Waals surface area contributed by atoms with Gasteiger partial charge in [0.1, 0.15) is 0 Å². The summed E-state index contributed by atoms with van der Waals surface area (Å²) in [7, 11) is 0. The van der Waals surface area contributed by atoms with E-state index in [2.05, 4.69) is 44.8 Å². The zero-order chi connectivity index (χ0) is 14.8. The average Bonchev–Trinajstić information content (AvgIpc) is 2.85. The second-order valence-corrected chi connectivity index (χ2v) is 5.96. The third-order valence-corrected chi connectivity index (χ3v) is 4.45. The van der Waals surface area contributed by atoms with E-state index in [1.807, 2.05) is 24.3 Å². The van der Waals surface area contributed by atoms with Gasteiger partial charge in [0.15, 0.2) is 0 Å². The Balaban J connectivity index is 1.74. The maximum absolute atomic E-state index is 10.8. The number of primary amides is 1. The van der Waals surface area contributed by atoms with Crippen molar-refractivity contribution in [3.05, 3.63) is 58.1 Å². The van der Waals surface area contributed by atoms with Gasteiger partial charge in [0.05, 0.1) is 6.04 Å². The van der Waals surface area contributed by atoms with Gasteiger partial charge in [0.25, 0.3) is 0 Å². The first-order valence-corrected chi connectivity index (χ1v) is 7.63. The van der Waals surface area contributed by atoms with Crippen LogP contribution in [0.4, 0.5) is 16.2 Å². The second-order valence-electron chi connectivity index (χ2n) is 5.11. The summed E-state index contributed by atoms with van der Waals surface area (Å²) in [5.74, 6) is 0. The molecule has 108 valence electrons. The van der Waals surface area contributed by atoms with Gasteiger partial charge in [-0.3, -0.25) is 0 Å². The van der Waals surface area contributed by atoms with Gasteiger partial charge in [-0.1, -0.05) is 28.1 Å². The van der Waals surface area contributed by atoms with Crippen LogP contribution in [-0.4, -0.2) is 6.03 Å². The maximum Gasteiger partial charge on any atom is 0.316 e. The molecule has 1 unspecified atom stereocenters. The Morgan fingerprint density at radius 3 is 2.57 bits per heavy atom.